The Kier molecular flexibility index (Phi) is 6.09. The van der Waals surface area contributed by atoms with Gasteiger partial charge < -0.3 is 14.4 Å². The van der Waals surface area contributed by atoms with E-state index in [0.29, 0.717) is 25.8 Å². The Hall–Kier alpha value is -2.33. The number of hydrogen-bond donors (Lipinski definition) is 0. The molecule has 0 spiro atoms. The molecule has 1 aliphatic rings. The van der Waals surface area contributed by atoms with Crippen molar-refractivity contribution >= 4 is 5.91 Å². The number of nitrogens with zero attached hydrogens (tertiary/aromatic N) is 1. The number of carbonyl (C=O) groups excluding carboxylic acids is 1. The molecular formula is C24H31NO3. The van der Waals surface area contributed by atoms with Crippen molar-refractivity contribution in [1.29, 1.82) is 0 Å². The fraction of sp³-hybridized carbons (Fsp3) is 0.458. The summed E-state index contributed by atoms with van der Waals surface area (Å²) >= 11 is 0. The van der Waals surface area contributed by atoms with Crippen LogP contribution in [0.4, 0.5) is 0 Å². The summed E-state index contributed by atoms with van der Waals surface area (Å²) in [5, 5.41) is 0. The fourth-order valence-corrected chi connectivity index (χ4v) is 3.76. The maximum Gasteiger partial charge on any atom is 0.234 e. The van der Waals surface area contributed by atoms with Gasteiger partial charge in [0.2, 0.25) is 5.91 Å². The number of fused-ring (bicyclic) bond motifs is 1. The normalized spacial score (nSPS) is 16.5. The van der Waals surface area contributed by atoms with Crippen molar-refractivity contribution in [2.45, 2.75) is 52.1 Å². The molecule has 0 unspecified atom stereocenters. The second-order valence-electron chi connectivity index (χ2n) is 8.34. The van der Waals surface area contributed by atoms with Crippen LogP contribution in [-0.4, -0.2) is 31.2 Å². The molecule has 3 rings (SSSR count). The van der Waals surface area contributed by atoms with E-state index in [1.54, 1.807) is 7.11 Å². The number of benzene rings is 2. The lowest BCUT2D eigenvalue weighted by Crippen LogP contribution is -2.47. The number of amides is 1. The fourth-order valence-electron chi connectivity index (χ4n) is 3.76. The van der Waals surface area contributed by atoms with Crippen LogP contribution in [0.3, 0.4) is 0 Å². The highest BCUT2D eigenvalue weighted by atomic mass is 16.5. The number of methoxy groups -OCH3 is 1. The predicted octanol–water partition coefficient (Wildman–Crippen LogP) is 4.66. The van der Waals surface area contributed by atoms with Crippen LogP contribution in [0, 0.1) is 0 Å². The quantitative estimate of drug-likeness (QED) is 0.756. The van der Waals surface area contributed by atoms with E-state index in [1.165, 1.54) is 11.1 Å². The minimum atomic E-state index is -0.604. The second-order valence-corrected chi connectivity index (χ2v) is 8.34. The van der Waals surface area contributed by atoms with Crippen LogP contribution in [0.15, 0.2) is 42.5 Å². The first-order valence-corrected chi connectivity index (χ1v) is 9.96. The Morgan fingerprint density at radius 3 is 2.50 bits per heavy atom. The monoisotopic (exact) mass is 381 g/mol. The maximum absolute atomic E-state index is 13.3. The summed E-state index contributed by atoms with van der Waals surface area (Å²) in [6.07, 6.45) is 0.818. The predicted molar refractivity (Wildman–Crippen MR) is 112 cm³/mol. The molecule has 1 heterocycles. The van der Waals surface area contributed by atoms with Gasteiger partial charge in [0.1, 0.15) is 12.5 Å². The van der Waals surface area contributed by atoms with Crippen LogP contribution < -0.4 is 4.74 Å². The van der Waals surface area contributed by atoms with Gasteiger partial charge in [0.25, 0.3) is 0 Å². The number of ether oxygens (including phenoxy) is 2. The van der Waals surface area contributed by atoms with Crippen LogP contribution in [0.25, 0.3) is 0 Å². The first kappa shape index (κ1) is 20.4. The Morgan fingerprint density at radius 2 is 1.86 bits per heavy atom. The van der Waals surface area contributed by atoms with Gasteiger partial charge in [-0.15, -0.1) is 0 Å². The lowest BCUT2D eigenvalue weighted by molar-refractivity contribution is -0.143. The van der Waals surface area contributed by atoms with Crippen molar-refractivity contribution in [3.63, 3.8) is 0 Å². The van der Waals surface area contributed by atoms with Gasteiger partial charge in [-0.2, -0.15) is 0 Å². The minimum Gasteiger partial charge on any atom is -0.497 e. The van der Waals surface area contributed by atoms with Crippen molar-refractivity contribution in [3.05, 3.63) is 64.7 Å². The summed E-state index contributed by atoms with van der Waals surface area (Å²) in [5.41, 5.74) is 3.99. The standard InChI is InChI=1S/C24H31NO3/c1-17(2)19-8-6-18(7-9-19)12-13-25-16-28-15-20-14-21(27-5)10-11-22(20)24(3,4)23(25)26/h6-11,14,17H,12-13,15-16H2,1-5H3. The van der Waals surface area contributed by atoms with Crippen molar-refractivity contribution in [1.82, 2.24) is 4.90 Å². The van der Waals surface area contributed by atoms with Gasteiger partial charge in [-0.25, -0.2) is 0 Å². The molecule has 0 aromatic heterocycles. The largest absolute Gasteiger partial charge is 0.497 e. The van der Waals surface area contributed by atoms with E-state index < -0.39 is 5.41 Å². The third-order valence-electron chi connectivity index (χ3n) is 5.63. The first-order valence-electron chi connectivity index (χ1n) is 9.96. The van der Waals surface area contributed by atoms with E-state index in [1.807, 2.05) is 36.9 Å². The molecule has 0 saturated heterocycles. The van der Waals surface area contributed by atoms with Crippen LogP contribution in [0.2, 0.25) is 0 Å². The molecule has 0 N–H and O–H groups in total. The lowest BCUT2D eigenvalue weighted by Gasteiger charge is -2.36. The Balaban J connectivity index is 1.75. The molecule has 0 saturated carbocycles. The molecule has 28 heavy (non-hydrogen) atoms. The SMILES string of the molecule is COc1ccc2c(c1)COCN(CCc1ccc(C(C)C)cc1)C(=O)C2(C)C. The van der Waals surface area contributed by atoms with E-state index in [0.717, 1.165) is 23.3 Å². The molecule has 1 amide bonds. The van der Waals surface area contributed by atoms with Crippen molar-refractivity contribution < 1.29 is 14.3 Å². The Morgan fingerprint density at radius 1 is 1.14 bits per heavy atom. The first-order chi connectivity index (χ1) is 13.3. The highest BCUT2D eigenvalue weighted by Crippen LogP contribution is 2.33. The van der Waals surface area contributed by atoms with E-state index >= 15 is 0 Å². The van der Waals surface area contributed by atoms with Crippen molar-refractivity contribution in [2.75, 3.05) is 20.4 Å². The smallest absolute Gasteiger partial charge is 0.234 e. The van der Waals surface area contributed by atoms with E-state index in [-0.39, 0.29) is 5.91 Å². The molecule has 0 fully saturated rings. The zero-order valence-corrected chi connectivity index (χ0v) is 17.6. The van der Waals surface area contributed by atoms with Crippen LogP contribution >= 0.6 is 0 Å². The molecule has 0 bridgehead atoms. The third kappa shape index (κ3) is 4.22. The van der Waals surface area contributed by atoms with Crippen LogP contribution in [0.1, 0.15) is 55.9 Å². The van der Waals surface area contributed by atoms with E-state index in [2.05, 4.69) is 38.1 Å². The van der Waals surface area contributed by atoms with Gasteiger partial charge in [0.05, 0.1) is 19.1 Å². The molecule has 0 atom stereocenters. The number of rotatable bonds is 5. The number of carbonyl (C=O) groups is 1. The Labute approximate surface area is 168 Å². The maximum atomic E-state index is 13.3. The molecule has 4 heteroatoms. The van der Waals surface area contributed by atoms with Gasteiger partial charge in [-0.1, -0.05) is 44.2 Å². The van der Waals surface area contributed by atoms with Crippen LogP contribution in [-0.2, 0) is 28.0 Å². The highest BCUT2D eigenvalue weighted by Gasteiger charge is 2.37. The number of hydrogen-bond acceptors (Lipinski definition) is 3. The Bertz CT molecular complexity index is 824. The summed E-state index contributed by atoms with van der Waals surface area (Å²) in [6, 6.07) is 14.6. The topological polar surface area (TPSA) is 38.8 Å². The minimum absolute atomic E-state index is 0.0948. The van der Waals surface area contributed by atoms with E-state index in [4.69, 9.17) is 9.47 Å². The van der Waals surface area contributed by atoms with Gasteiger partial charge in [-0.05, 0) is 60.6 Å². The third-order valence-corrected chi connectivity index (χ3v) is 5.63. The van der Waals surface area contributed by atoms with Gasteiger partial charge in [-0.3, -0.25) is 4.79 Å². The summed E-state index contributed by atoms with van der Waals surface area (Å²) < 4.78 is 11.2. The molecular weight excluding hydrogens is 350 g/mol. The molecule has 2 aromatic carbocycles. The van der Waals surface area contributed by atoms with Gasteiger partial charge in [0.15, 0.2) is 0 Å². The average molecular weight is 382 g/mol. The summed E-state index contributed by atoms with van der Waals surface area (Å²) in [6.45, 7) is 9.81. The summed E-state index contributed by atoms with van der Waals surface area (Å²) in [4.78, 5) is 15.2. The van der Waals surface area contributed by atoms with E-state index in [9.17, 15) is 4.79 Å². The molecule has 0 radical (unpaired) electrons. The molecule has 1 aliphatic heterocycles. The molecule has 0 aliphatic carbocycles. The highest BCUT2D eigenvalue weighted by molar-refractivity contribution is 5.88. The zero-order chi connectivity index (χ0) is 20.3. The van der Waals surface area contributed by atoms with Crippen molar-refractivity contribution in [2.24, 2.45) is 0 Å². The zero-order valence-electron chi connectivity index (χ0n) is 17.6. The molecule has 4 nitrogen and oxygen atoms in total. The van der Waals surface area contributed by atoms with Gasteiger partial charge >= 0.3 is 0 Å². The second kappa shape index (κ2) is 8.36. The van der Waals surface area contributed by atoms with Crippen LogP contribution in [0.5, 0.6) is 5.75 Å². The molecule has 2 aromatic rings. The summed E-state index contributed by atoms with van der Waals surface area (Å²) in [5.74, 6) is 1.41. The van der Waals surface area contributed by atoms with Gasteiger partial charge in [0, 0.05) is 6.54 Å². The average Bonchev–Trinajstić information content (AvgIpc) is 2.69. The summed E-state index contributed by atoms with van der Waals surface area (Å²) in [7, 11) is 1.65. The van der Waals surface area contributed by atoms with Crippen molar-refractivity contribution in [3.8, 4) is 5.75 Å². The lowest BCUT2D eigenvalue weighted by atomic mass is 9.80. The molecule has 150 valence electrons.